The van der Waals surface area contributed by atoms with E-state index in [0.29, 0.717) is 0 Å². The minimum absolute atomic E-state index is 0.271. The van der Waals surface area contributed by atoms with E-state index in [-0.39, 0.29) is 6.04 Å². The van der Waals surface area contributed by atoms with Gasteiger partial charge in [-0.25, -0.2) is 0 Å². The highest BCUT2D eigenvalue weighted by Gasteiger charge is 2.31. The monoisotopic (exact) mass is 227 g/mol. The van der Waals surface area contributed by atoms with Crippen molar-refractivity contribution in [2.24, 2.45) is 5.73 Å². The molecule has 4 nitrogen and oxygen atoms in total. The van der Waals surface area contributed by atoms with E-state index in [4.69, 9.17) is 10.5 Å². The van der Waals surface area contributed by atoms with Crippen LogP contribution in [0.25, 0.3) is 0 Å². The van der Waals surface area contributed by atoms with E-state index in [1.807, 2.05) is 0 Å². The van der Waals surface area contributed by atoms with Gasteiger partial charge in [0.25, 0.3) is 0 Å². The normalized spacial score (nSPS) is 25.9. The molecule has 16 heavy (non-hydrogen) atoms. The maximum atomic E-state index is 6.06. The third-order valence-corrected chi connectivity index (χ3v) is 3.66. The van der Waals surface area contributed by atoms with Gasteiger partial charge in [-0.2, -0.15) is 0 Å². The standard InChI is InChI=1S/C12H25N3O/c1-16-9-4-11(13)10-14-5-7-15(8-6-14)12-2-3-12/h11-12H,2-10,13H2,1H3. The van der Waals surface area contributed by atoms with Crippen molar-refractivity contribution in [2.45, 2.75) is 31.3 Å². The summed E-state index contributed by atoms with van der Waals surface area (Å²) < 4.78 is 5.05. The van der Waals surface area contributed by atoms with Crippen molar-refractivity contribution in [3.05, 3.63) is 0 Å². The van der Waals surface area contributed by atoms with Crippen molar-refractivity contribution < 1.29 is 4.74 Å². The lowest BCUT2D eigenvalue weighted by molar-refractivity contribution is 0.114. The second-order valence-corrected chi connectivity index (χ2v) is 5.11. The fraction of sp³-hybridized carbons (Fsp3) is 1.00. The van der Waals surface area contributed by atoms with E-state index in [0.717, 1.165) is 25.6 Å². The van der Waals surface area contributed by atoms with Crippen LogP contribution in [0, 0.1) is 0 Å². The number of hydrogen-bond acceptors (Lipinski definition) is 4. The van der Waals surface area contributed by atoms with Crippen molar-refractivity contribution in [1.29, 1.82) is 0 Å². The van der Waals surface area contributed by atoms with Crippen LogP contribution in [0.15, 0.2) is 0 Å². The van der Waals surface area contributed by atoms with Gasteiger partial charge in [0.05, 0.1) is 0 Å². The molecule has 0 radical (unpaired) electrons. The molecular weight excluding hydrogens is 202 g/mol. The second-order valence-electron chi connectivity index (χ2n) is 5.11. The summed E-state index contributed by atoms with van der Waals surface area (Å²) in [4.78, 5) is 5.14. The minimum Gasteiger partial charge on any atom is -0.385 e. The van der Waals surface area contributed by atoms with Gasteiger partial charge in [-0.15, -0.1) is 0 Å². The second kappa shape index (κ2) is 5.96. The third kappa shape index (κ3) is 3.70. The largest absolute Gasteiger partial charge is 0.385 e. The molecule has 0 aromatic carbocycles. The molecule has 1 heterocycles. The molecule has 1 saturated carbocycles. The van der Waals surface area contributed by atoms with Gasteiger partial charge in [-0.3, -0.25) is 9.80 Å². The van der Waals surface area contributed by atoms with Crippen LogP contribution in [0.5, 0.6) is 0 Å². The van der Waals surface area contributed by atoms with Gasteiger partial charge in [0.1, 0.15) is 0 Å². The highest BCUT2D eigenvalue weighted by Crippen LogP contribution is 2.27. The topological polar surface area (TPSA) is 41.7 Å². The van der Waals surface area contributed by atoms with Gasteiger partial charge in [-0.05, 0) is 19.3 Å². The van der Waals surface area contributed by atoms with Crippen LogP contribution in [-0.2, 0) is 4.74 Å². The lowest BCUT2D eigenvalue weighted by atomic mass is 10.2. The highest BCUT2D eigenvalue weighted by molar-refractivity contribution is 4.88. The van der Waals surface area contributed by atoms with E-state index in [2.05, 4.69) is 9.80 Å². The van der Waals surface area contributed by atoms with Crippen LogP contribution < -0.4 is 5.73 Å². The number of piperazine rings is 1. The Morgan fingerprint density at radius 1 is 1.25 bits per heavy atom. The molecule has 1 saturated heterocycles. The molecule has 94 valence electrons. The van der Waals surface area contributed by atoms with Gasteiger partial charge in [-0.1, -0.05) is 0 Å². The Morgan fingerprint density at radius 3 is 2.50 bits per heavy atom. The molecule has 1 aliphatic heterocycles. The molecule has 2 fully saturated rings. The average Bonchev–Trinajstić information content (AvgIpc) is 3.11. The molecule has 2 N–H and O–H groups in total. The Morgan fingerprint density at radius 2 is 1.94 bits per heavy atom. The Labute approximate surface area is 98.7 Å². The number of nitrogens with zero attached hydrogens (tertiary/aromatic N) is 2. The zero-order valence-corrected chi connectivity index (χ0v) is 10.4. The van der Waals surface area contributed by atoms with Crippen molar-refractivity contribution >= 4 is 0 Å². The Kier molecular flexibility index (Phi) is 4.58. The number of methoxy groups -OCH3 is 1. The predicted octanol–water partition coefficient (Wildman–Crippen LogP) is 0.130. The number of hydrogen-bond donors (Lipinski definition) is 1. The summed E-state index contributed by atoms with van der Waals surface area (Å²) in [7, 11) is 1.74. The minimum atomic E-state index is 0.271. The van der Waals surface area contributed by atoms with E-state index in [1.54, 1.807) is 7.11 Å². The van der Waals surface area contributed by atoms with Crippen LogP contribution in [0.2, 0.25) is 0 Å². The van der Waals surface area contributed by atoms with E-state index in [1.165, 1.54) is 39.0 Å². The van der Waals surface area contributed by atoms with Gasteiger partial charge in [0.2, 0.25) is 0 Å². The first-order valence-electron chi connectivity index (χ1n) is 6.50. The van der Waals surface area contributed by atoms with Crippen LogP contribution in [0.1, 0.15) is 19.3 Å². The highest BCUT2D eigenvalue weighted by atomic mass is 16.5. The summed E-state index contributed by atoms with van der Waals surface area (Å²) in [6.45, 7) is 6.67. The quantitative estimate of drug-likeness (QED) is 0.700. The van der Waals surface area contributed by atoms with Crippen LogP contribution in [0.3, 0.4) is 0 Å². The molecule has 0 bridgehead atoms. The average molecular weight is 227 g/mol. The van der Waals surface area contributed by atoms with E-state index < -0.39 is 0 Å². The predicted molar refractivity (Wildman–Crippen MR) is 65.5 cm³/mol. The smallest absolute Gasteiger partial charge is 0.0477 e. The van der Waals surface area contributed by atoms with Crippen LogP contribution >= 0.6 is 0 Å². The summed E-state index contributed by atoms with van der Waals surface area (Å²) in [5, 5.41) is 0. The maximum absolute atomic E-state index is 6.06. The molecule has 0 aromatic rings. The SMILES string of the molecule is COCCC(N)CN1CCN(C2CC2)CC1. The first kappa shape index (κ1) is 12.3. The van der Waals surface area contributed by atoms with Crippen molar-refractivity contribution in [3.8, 4) is 0 Å². The summed E-state index contributed by atoms with van der Waals surface area (Å²) in [5.74, 6) is 0. The molecule has 2 rings (SSSR count). The zero-order valence-electron chi connectivity index (χ0n) is 10.4. The molecule has 0 spiro atoms. The number of rotatable bonds is 6. The fourth-order valence-corrected chi connectivity index (χ4v) is 2.44. The van der Waals surface area contributed by atoms with Crippen molar-refractivity contribution in [1.82, 2.24) is 9.80 Å². The molecule has 0 amide bonds. The van der Waals surface area contributed by atoms with Gasteiger partial charge in [0, 0.05) is 58.5 Å². The van der Waals surface area contributed by atoms with E-state index >= 15 is 0 Å². The van der Waals surface area contributed by atoms with Crippen molar-refractivity contribution in [3.63, 3.8) is 0 Å². The maximum Gasteiger partial charge on any atom is 0.0477 e. The Balaban J connectivity index is 1.60. The first-order valence-corrected chi connectivity index (χ1v) is 6.50. The summed E-state index contributed by atoms with van der Waals surface area (Å²) in [6.07, 6.45) is 3.82. The Bertz CT molecular complexity index is 200. The number of nitrogens with two attached hydrogens (primary N) is 1. The fourth-order valence-electron chi connectivity index (χ4n) is 2.44. The van der Waals surface area contributed by atoms with Gasteiger partial charge >= 0.3 is 0 Å². The summed E-state index contributed by atoms with van der Waals surface area (Å²) >= 11 is 0. The van der Waals surface area contributed by atoms with Gasteiger partial charge < -0.3 is 10.5 Å². The summed E-state index contributed by atoms with van der Waals surface area (Å²) in [6, 6.07) is 1.19. The van der Waals surface area contributed by atoms with Crippen LogP contribution in [0.4, 0.5) is 0 Å². The number of ether oxygens (including phenoxy) is 1. The summed E-state index contributed by atoms with van der Waals surface area (Å²) in [5.41, 5.74) is 6.06. The third-order valence-electron chi connectivity index (χ3n) is 3.66. The lowest BCUT2D eigenvalue weighted by Gasteiger charge is -2.35. The molecule has 1 unspecified atom stereocenters. The molecular formula is C12H25N3O. The van der Waals surface area contributed by atoms with Crippen molar-refractivity contribution in [2.75, 3.05) is 46.4 Å². The molecule has 1 atom stereocenters. The molecule has 0 aromatic heterocycles. The van der Waals surface area contributed by atoms with Gasteiger partial charge in [0.15, 0.2) is 0 Å². The molecule has 1 aliphatic carbocycles. The lowest BCUT2D eigenvalue weighted by Crippen LogP contribution is -2.50. The zero-order chi connectivity index (χ0) is 11.4. The molecule has 4 heteroatoms. The molecule has 2 aliphatic rings. The Hall–Kier alpha value is -0.160. The van der Waals surface area contributed by atoms with Crippen LogP contribution in [-0.4, -0.2) is 68.3 Å². The first-order chi connectivity index (χ1) is 7.79. The van der Waals surface area contributed by atoms with E-state index in [9.17, 15) is 0 Å².